The number of pyridine rings is 1. The Labute approximate surface area is 128 Å². The third kappa shape index (κ3) is 1.89. The summed E-state index contributed by atoms with van der Waals surface area (Å²) in [5.74, 6) is 0. The minimum atomic E-state index is 0.228. The second kappa shape index (κ2) is 4.86. The van der Waals surface area contributed by atoms with E-state index in [1.54, 1.807) is 0 Å². The third-order valence-corrected chi connectivity index (χ3v) is 6.11. The molecule has 0 saturated heterocycles. The van der Waals surface area contributed by atoms with Crippen LogP contribution >= 0.6 is 0 Å². The molecule has 0 bridgehead atoms. The Kier molecular flexibility index (Phi) is 2.86. The van der Waals surface area contributed by atoms with Crippen molar-refractivity contribution in [3.8, 4) is 17.3 Å². The van der Waals surface area contributed by atoms with Crippen molar-refractivity contribution in [2.24, 2.45) is 0 Å². The zero-order valence-corrected chi connectivity index (χ0v) is 12.8. The molecule has 2 heterocycles. The molecule has 0 spiro atoms. The molecule has 0 aliphatic heterocycles. The summed E-state index contributed by atoms with van der Waals surface area (Å²) in [4.78, 5) is 4.47. The van der Waals surface area contributed by atoms with Crippen LogP contribution in [0.3, 0.4) is 0 Å². The van der Waals surface area contributed by atoms with E-state index >= 15 is 0 Å². The van der Waals surface area contributed by atoms with E-state index in [4.69, 9.17) is 0 Å². The van der Waals surface area contributed by atoms with Crippen molar-refractivity contribution in [2.75, 3.05) is 0 Å². The van der Waals surface area contributed by atoms with Crippen molar-refractivity contribution in [3.05, 3.63) is 66.4 Å². The van der Waals surface area contributed by atoms with Crippen molar-refractivity contribution in [3.63, 3.8) is 0 Å². The van der Waals surface area contributed by atoms with Gasteiger partial charge in [0.05, 0.1) is 0 Å². The summed E-state index contributed by atoms with van der Waals surface area (Å²) in [6.45, 7) is 0. The van der Waals surface area contributed by atoms with Crippen LogP contribution in [0.5, 0.6) is 0 Å². The second-order valence-corrected chi connectivity index (χ2v) is 7.00. The van der Waals surface area contributed by atoms with Crippen LogP contribution in [0.25, 0.3) is 30.6 Å². The standard InChI is InChI=1S/C18H10N2Se/c19-11-12-8-9-13(15-6-3-4-10-20-15)18-17(12)14-5-1-2-7-16(14)21-18/h1-10H. The van der Waals surface area contributed by atoms with Gasteiger partial charge in [-0.3, -0.25) is 0 Å². The van der Waals surface area contributed by atoms with Crippen LogP contribution in [0.2, 0.25) is 0 Å². The van der Waals surface area contributed by atoms with Crippen LogP contribution in [0.15, 0.2) is 60.8 Å². The molecule has 4 rings (SSSR count). The van der Waals surface area contributed by atoms with Gasteiger partial charge in [-0.1, -0.05) is 0 Å². The summed E-state index contributed by atoms with van der Waals surface area (Å²) in [6, 6.07) is 20.6. The molecule has 3 heteroatoms. The van der Waals surface area contributed by atoms with Gasteiger partial charge in [0.25, 0.3) is 0 Å². The van der Waals surface area contributed by atoms with Crippen molar-refractivity contribution < 1.29 is 0 Å². The molecule has 2 nitrogen and oxygen atoms in total. The van der Waals surface area contributed by atoms with E-state index in [1.165, 1.54) is 13.9 Å². The van der Waals surface area contributed by atoms with Crippen molar-refractivity contribution in [2.45, 2.75) is 0 Å². The normalized spacial score (nSPS) is 10.8. The number of nitrogens with zero attached hydrogens (tertiary/aromatic N) is 2. The SMILES string of the molecule is N#Cc1ccc(-c2ccccn2)c2[se]c3ccccc3c12. The van der Waals surface area contributed by atoms with Gasteiger partial charge in [-0.15, -0.1) is 0 Å². The van der Waals surface area contributed by atoms with Gasteiger partial charge in [0.15, 0.2) is 0 Å². The Balaban J connectivity index is 2.18. The van der Waals surface area contributed by atoms with E-state index in [9.17, 15) is 5.26 Å². The first-order chi connectivity index (χ1) is 10.4. The predicted molar refractivity (Wildman–Crippen MR) is 86.3 cm³/mol. The van der Waals surface area contributed by atoms with E-state index in [0.717, 1.165) is 22.2 Å². The predicted octanol–water partition coefficient (Wildman–Crippen LogP) is 3.98. The van der Waals surface area contributed by atoms with Crippen molar-refractivity contribution >= 4 is 33.8 Å². The molecule has 0 amide bonds. The molecular formula is C18H10N2Se. The number of hydrogen-bond donors (Lipinski definition) is 0. The first-order valence-electron chi connectivity index (χ1n) is 6.64. The van der Waals surface area contributed by atoms with Crippen LogP contribution in [-0.2, 0) is 0 Å². The van der Waals surface area contributed by atoms with Crippen LogP contribution in [0, 0.1) is 11.3 Å². The fourth-order valence-electron chi connectivity index (χ4n) is 2.65. The monoisotopic (exact) mass is 334 g/mol. The average molecular weight is 333 g/mol. The van der Waals surface area contributed by atoms with Gasteiger partial charge in [0.1, 0.15) is 0 Å². The molecule has 98 valence electrons. The van der Waals surface area contributed by atoms with Gasteiger partial charge in [0, 0.05) is 0 Å². The molecule has 0 aliphatic rings. The summed E-state index contributed by atoms with van der Waals surface area (Å²) in [5, 5.41) is 11.7. The van der Waals surface area contributed by atoms with Gasteiger partial charge in [-0.05, 0) is 0 Å². The Bertz CT molecular complexity index is 994. The molecule has 0 aliphatic carbocycles. The molecule has 4 aromatic rings. The first-order valence-corrected chi connectivity index (χ1v) is 8.35. The number of benzene rings is 2. The molecule has 0 saturated carbocycles. The Hall–Kier alpha value is -2.40. The number of aromatic nitrogens is 1. The molecule has 0 atom stereocenters. The zero-order valence-electron chi connectivity index (χ0n) is 11.1. The van der Waals surface area contributed by atoms with Gasteiger partial charge in [-0.25, -0.2) is 0 Å². The maximum absolute atomic E-state index is 9.43. The van der Waals surface area contributed by atoms with E-state index in [2.05, 4.69) is 29.3 Å². The number of fused-ring (bicyclic) bond motifs is 3. The summed E-state index contributed by atoms with van der Waals surface area (Å²) >= 11 is 0.228. The minimum absolute atomic E-state index is 0.228. The summed E-state index contributed by atoms with van der Waals surface area (Å²) in [7, 11) is 0. The van der Waals surface area contributed by atoms with Crippen LogP contribution in [0.4, 0.5) is 0 Å². The molecule has 2 aromatic heterocycles. The van der Waals surface area contributed by atoms with Crippen LogP contribution in [-0.4, -0.2) is 19.5 Å². The molecule has 0 N–H and O–H groups in total. The zero-order chi connectivity index (χ0) is 14.2. The third-order valence-electron chi connectivity index (χ3n) is 3.59. The van der Waals surface area contributed by atoms with Crippen LogP contribution in [0.1, 0.15) is 5.56 Å². The Morgan fingerprint density at radius 2 is 1.81 bits per heavy atom. The Morgan fingerprint density at radius 1 is 0.952 bits per heavy atom. The van der Waals surface area contributed by atoms with Gasteiger partial charge in [0.2, 0.25) is 0 Å². The number of rotatable bonds is 1. The molecule has 0 fully saturated rings. The van der Waals surface area contributed by atoms with Crippen LogP contribution < -0.4 is 0 Å². The van der Waals surface area contributed by atoms with E-state index in [0.29, 0.717) is 0 Å². The molecule has 21 heavy (non-hydrogen) atoms. The molecule has 2 aromatic carbocycles. The maximum atomic E-state index is 9.43. The van der Waals surface area contributed by atoms with Gasteiger partial charge in [-0.2, -0.15) is 0 Å². The van der Waals surface area contributed by atoms with E-state index in [-0.39, 0.29) is 14.5 Å². The fourth-order valence-corrected chi connectivity index (χ4v) is 5.27. The topological polar surface area (TPSA) is 36.7 Å². The second-order valence-electron chi connectivity index (χ2n) is 4.79. The summed E-state index contributed by atoms with van der Waals surface area (Å²) in [6.07, 6.45) is 1.81. The van der Waals surface area contributed by atoms with E-state index < -0.39 is 0 Å². The van der Waals surface area contributed by atoms with Crippen molar-refractivity contribution in [1.29, 1.82) is 5.26 Å². The average Bonchev–Trinajstić information content (AvgIpc) is 2.94. The Morgan fingerprint density at radius 3 is 2.62 bits per heavy atom. The fraction of sp³-hybridized carbons (Fsp3) is 0. The number of hydrogen-bond acceptors (Lipinski definition) is 2. The summed E-state index contributed by atoms with van der Waals surface area (Å²) in [5.41, 5.74) is 2.89. The molecule has 0 radical (unpaired) electrons. The van der Waals surface area contributed by atoms with E-state index in [1.807, 2.05) is 42.6 Å². The quantitative estimate of drug-likeness (QED) is 0.494. The van der Waals surface area contributed by atoms with Gasteiger partial charge >= 0.3 is 128 Å². The molecule has 0 unspecified atom stereocenters. The first kappa shape index (κ1) is 12.3. The number of nitriles is 1. The van der Waals surface area contributed by atoms with Gasteiger partial charge < -0.3 is 0 Å². The van der Waals surface area contributed by atoms with Crippen molar-refractivity contribution in [1.82, 2.24) is 4.98 Å². The summed E-state index contributed by atoms with van der Waals surface area (Å²) < 4.78 is 2.63. The molecular weight excluding hydrogens is 323 g/mol.